The highest BCUT2D eigenvalue weighted by atomic mass is 16.5. The van der Waals surface area contributed by atoms with Crippen LogP contribution in [0.4, 0.5) is 5.69 Å². The summed E-state index contributed by atoms with van der Waals surface area (Å²) in [7, 11) is 1.29. The number of carbonyl (C=O) groups excluding carboxylic acids is 2. The molecule has 166 valence electrons. The number of β-amino-alcohol motifs (C(OH)–C–C–N with tert-alkyl or cyclic N) is 1. The zero-order valence-corrected chi connectivity index (χ0v) is 18.1. The molecule has 0 atom stereocenters. The van der Waals surface area contributed by atoms with Crippen molar-refractivity contribution in [3.05, 3.63) is 84.1 Å². The molecule has 0 aliphatic carbocycles. The van der Waals surface area contributed by atoms with Crippen molar-refractivity contribution in [1.29, 1.82) is 0 Å². The first kappa shape index (κ1) is 20.8. The number of esters is 1. The minimum absolute atomic E-state index is 0.0892. The van der Waals surface area contributed by atoms with E-state index in [2.05, 4.69) is 34.1 Å². The number of benzene rings is 3. The number of fused-ring (bicyclic) bond motifs is 3. The third-order valence-corrected chi connectivity index (χ3v) is 5.94. The number of aliphatic hydroxyl groups excluding tert-OH is 1. The van der Waals surface area contributed by atoms with Gasteiger partial charge in [0.15, 0.2) is 0 Å². The van der Waals surface area contributed by atoms with E-state index in [4.69, 9.17) is 4.74 Å². The number of hydrogen-bond donors (Lipinski definition) is 2. The third-order valence-electron chi connectivity index (χ3n) is 5.94. The van der Waals surface area contributed by atoms with Gasteiger partial charge in [0.25, 0.3) is 5.91 Å². The molecule has 0 saturated heterocycles. The molecule has 0 spiro atoms. The summed E-state index contributed by atoms with van der Waals surface area (Å²) in [5, 5.41) is 14.8. The number of aliphatic hydroxyl groups is 1. The number of amides is 1. The maximum atomic E-state index is 13.0. The van der Waals surface area contributed by atoms with Gasteiger partial charge >= 0.3 is 5.97 Å². The van der Waals surface area contributed by atoms with Crippen LogP contribution in [0.15, 0.2) is 84.1 Å². The van der Waals surface area contributed by atoms with E-state index in [9.17, 15) is 14.7 Å². The molecule has 1 aromatic heterocycles. The van der Waals surface area contributed by atoms with Crippen molar-refractivity contribution in [3.8, 4) is 5.69 Å². The topological polar surface area (TPSA) is 83.8 Å². The van der Waals surface area contributed by atoms with E-state index in [1.165, 1.54) is 12.0 Å². The lowest BCUT2D eigenvalue weighted by atomic mass is 10.2. The fraction of sp³-hybridized carbons (Fsp3) is 0.154. The third kappa shape index (κ3) is 3.43. The summed E-state index contributed by atoms with van der Waals surface area (Å²) < 4.78 is 7.06. The molecular weight excluding hydrogens is 418 g/mol. The minimum Gasteiger partial charge on any atom is -0.466 e. The summed E-state index contributed by atoms with van der Waals surface area (Å²) in [6.07, 6.45) is 0. The summed E-state index contributed by atoms with van der Waals surface area (Å²) in [6.45, 7) is 0.0381. The van der Waals surface area contributed by atoms with Crippen LogP contribution in [-0.2, 0) is 14.3 Å². The first-order valence-electron chi connectivity index (χ1n) is 10.7. The van der Waals surface area contributed by atoms with Crippen LogP contribution in [0.3, 0.4) is 0 Å². The molecule has 33 heavy (non-hydrogen) atoms. The molecule has 0 bridgehead atoms. The number of para-hydroxylation sites is 4. The number of methoxy groups -OCH3 is 1. The van der Waals surface area contributed by atoms with Crippen LogP contribution in [0.2, 0.25) is 0 Å². The van der Waals surface area contributed by atoms with E-state index < -0.39 is 5.97 Å². The van der Waals surface area contributed by atoms with Crippen molar-refractivity contribution in [2.24, 2.45) is 0 Å². The second-order valence-corrected chi connectivity index (χ2v) is 7.81. The van der Waals surface area contributed by atoms with Gasteiger partial charge in [0.1, 0.15) is 5.70 Å². The summed E-state index contributed by atoms with van der Waals surface area (Å²) in [5.74, 6) is -0.915. The fourth-order valence-electron chi connectivity index (χ4n) is 4.44. The Labute approximate surface area is 190 Å². The van der Waals surface area contributed by atoms with Gasteiger partial charge in [-0.05, 0) is 24.3 Å². The fourth-order valence-corrected chi connectivity index (χ4v) is 4.44. The Morgan fingerprint density at radius 1 is 0.970 bits per heavy atom. The lowest BCUT2D eigenvalue weighted by Crippen LogP contribution is -2.31. The number of carbonyl (C=O) groups is 2. The van der Waals surface area contributed by atoms with Gasteiger partial charge in [0.05, 0.1) is 48.2 Å². The predicted octanol–water partition coefficient (Wildman–Crippen LogP) is 3.46. The molecule has 1 aliphatic heterocycles. The number of hydrogen-bond acceptors (Lipinski definition) is 5. The van der Waals surface area contributed by atoms with Crippen molar-refractivity contribution in [1.82, 2.24) is 9.47 Å². The van der Waals surface area contributed by atoms with Crippen LogP contribution in [0.25, 0.3) is 27.5 Å². The Kier molecular flexibility index (Phi) is 5.32. The lowest BCUT2D eigenvalue weighted by Gasteiger charge is -2.17. The molecule has 7 nitrogen and oxygen atoms in total. The van der Waals surface area contributed by atoms with Gasteiger partial charge in [-0.25, -0.2) is 4.79 Å². The average Bonchev–Trinajstić information content (AvgIpc) is 3.34. The molecule has 0 radical (unpaired) electrons. The van der Waals surface area contributed by atoms with Crippen molar-refractivity contribution < 1.29 is 19.4 Å². The number of rotatable bonds is 6. The van der Waals surface area contributed by atoms with Crippen LogP contribution in [-0.4, -0.2) is 53.3 Å². The molecule has 0 saturated carbocycles. The molecule has 3 aromatic carbocycles. The first-order valence-corrected chi connectivity index (χ1v) is 10.7. The smallest absolute Gasteiger partial charge is 0.337 e. The quantitative estimate of drug-likeness (QED) is 0.448. The monoisotopic (exact) mass is 441 g/mol. The van der Waals surface area contributed by atoms with Crippen molar-refractivity contribution >= 4 is 39.4 Å². The summed E-state index contributed by atoms with van der Waals surface area (Å²) in [5.41, 5.74) is 4.01. The Hall–Kier alpha value is -4.10. The van der Waals surface area contributed by atoms with E-state index in [1.807, 2.05) is 48.5 Å². The van der Waals surface area contributed by atoms with Gasteiger partial charge in [0, 0.05) is 17.3 Å². The SMILES string of the molecule is COC(=O)C1=C(Nc2ccccc2-n2c3ccccc3c3ccccc32)C(=O)N(CCO)C1. The molecule has 4 aromatic rings. The Bertz CT molecular complexity index is 1370. The van der Waals surface area contributed by atoms with Crippen LogP contribution in [0, 0.1) is 0 Å². The lowest BCUT2D eigenvalue weighted by molar-refractivity contribution is -0.136. The molecule has 0 unspecified atom stereocenters. The van der Waals surface area contributed by atoms with E-state index in [0.717, 1.165) is 27.5 Å². The van der Waals surface area contributed by atoms with Gasteiger partial charge in [0.2, 0.25) is 0 Å². The predicted molar refractivity (Wildman–Crippen MR) is 127 cm³/mol. The van der Waals surface area contributed by atoms with Crippen LogP contribution in [0.1, 0.15) is 0 Å². The molecule has 2 heterocycles. The normalized spacial score (nSPS) is 13.9. The number of anilines is 1. The molecular formula is C26H23N3O4. The number of ether oxygens (including phenoxy) is 1. The van der Waals surface area contributed by atoms with Crippen molar-refractivity contribution in [2.45, 2.75) is 0 Å². The summed E-state index contributed by atoms with van der Waals surface area (Å²) in [6, 6.07) is 24.0. The molecule has 1 aliphatic rings. The van der Waals surface area contributed by atoms with E-state index in [1.54, 1.807) is 0 Å². The van der Waals surface area contributed by atoms with E-state index in [0.29, 0.717) is 5.69 Å². The molecule has 1 amide bonds. The Morgan fingerprint density at radius 3 is 2.21 bits per heavy atom. The van der Waals surface area contributed by atoms with Gasteiger partial charge in [-0.15, -0.1) is 0 Å². The maximum absolute atomic E-state index is 13.0. The molecule has 2 N–H and O–H groups in total. The van der Waals surface area contributed by atoms with Crippen LogP contribution >= 0.6 is 0 Å². The number of nitrogens with zero attached hydrogens (tertiary/aromatic N) is 2. The van der Waals surface area contributed by atoms with Gasteiger partial charge in [-0.2, -0.15) is 0 Å². The highest BCUT2D eigenvalue weighted by molar-refractivity contribution is 6.11. The van der Waals surface area contributed by atoms with Gasteiger partial charge in [-0.1, -0.05) is 48.5 Å². The summed E-state index contributed by atoms with van der Waals surface area (Å²) >= 11 is 0. The minimum atomic E-state index is -0.569. The van der Waals surface area contributed by atoms with E-state index >= 15 is 0 Å². The zero-order valence-electron chi connectivity index (χ0n) is 18.1. The Balaban J connectivity index is 1.67. The number of aromatic nitrogens is 1. The van der Waals surface area contributed by atoms with Crippen LogP contribution < -0.4 is 5.32 Å². The zero-order chi connectivity index (χ0) is 22.9. The Morgan fingerprint density at radius 2 is 1.58 bits per heavy atom. The second-order valence-electron chi connectivity index (χ2n) is 7.81. The van der Waals surface area contributed by atoms with Crippen molar-refractivity contribution in [2.75, 3.05) is 32.1 Å². The summed E-state index contributed by atoms with van der Waals surface area (Å²) in [4.78, 5) is 26.9. The molecule has 0 fully saturated rings. The molecule has 7 heteroatoms. The maximum Gasteiger partial charge on any atom is 0.337 e. The van der Waals surface area contributed by atoms with Gasteiger partial charge < -0.3 is 24.6 Å². The highest BCUT2D eigenvalue weighted by Crippen LogP contribution is 2.35. The molecule has 5 rings (SSSR count). The first-order chi connectivity index (χ1) is 16.1. The largest absolute Gasteiger partial charge is 0.466 e. The highest BCUT2D eigenvalue weighted by Gasteiger charge is 2.34. The van der Waals surface area contributed by atoms with E-state index in [-0.39, 0.29) is 36.9 Å². The average molecular weight is 441 g/mol. The van der Waals surface area contributed by atoms with Crippen molar-refractivity contribution in [3.63, 3.8) is 0 Å². The standard InChI is InChI=1S/C26H23N3O4/c1-33-26(32)19-16-28(14-15-30)25(31)24(19)27-20-10-4-7-13-23(20)29-21-11-5-2-8-17(21)18-9-3-6-12-22(18)29/h2-13,27,30H,14-16H2,1H3. The van der Waals surface area contributed by atoms with Crippen LogP contribution in [0.5, 0.6) is 0 Å². The second kappa shape index (κ2) is 8.44. The van der Waals surface area contributed by atoms with Gasteiger partial charge in [-0.3, -0.25) is 4.79 Å². The number of nitrogens with one attached hydrogen (secondary N) is 1.